The summed E-state index contributed by atoms with van der Waals surface area (Å²) in [6.07, 6.45) is 1.52. The number of amides is 1. The standard InChI is InChI=1S/C20H19BrN2O3/c1-3-26-19-10-15(17(21)11-18(19)25-2)9-16(12-22)20(24)23-13-14-7-5-4-6-8-14/h4-11H,3,13H2,1-2H3,(H,23,24)/b16-9+. The van der Waals surface area contributed by atoms with Crippen LogP contribution in [-0.2, 0) is 11.3 Å². The van der Waals surface area contributed by atoms with Gasteiger partial charge in [-0.1, -0.05) is 46.3 Å². The number of hydrogen-bond acceptors (Lipinski definition) is 4. The highest BCUT2D eigenvalue weighted by Gasteiger charge is 2.13. The van der Waals surface area contributed by atoms with Gasteiger partial charge in [-0.25, -0.2) is 0 Å². The van der Waals surface area contributed by atoms with Gasteiger partial charge in [0.1, 0.15) is 11.6 Å². The molecule has 0 aliphatic carbocycles. The van der Waals surface area contributed by atoms with E-state index in [1.165, 1.54) is 6.08 Å². The van der Waals surface area contributed by atoms with Crippen molar-refractivity contribution in [2.24, 2.45) is 0 Å². The van der Waals surface area contributed by atoms with Gasteiger partial charge in [0, 0.05) is 11.0 Å². The van der Waals surface area contributed by atoms with E-state index >= 15 is 0 Å². The maximum Gasteiger partial charge on any atom is 0.262 e. The second-order valence-corrected chi connectivity index (χ2v) is 6.15. The van der Waals surface area contributed by atoms with E-state index in [9.17, 15) is 10.1 Å². The molecule has 6 heteroatoms. The Kier molecular flexibility index (Phi) is 7.24. The minimum absolute atomic E-state index is 0.00856. The molecule has 2 rings (SSSR count). The van der Waals surface area contributed by atoms with Crippen molar-refractivity contribution in [2.45, 2.75) is 13.5 Å². The largest absolute Gasteiger partial charge is 0.493 e. The molecule has 0 aliphatic heterocycles. The minimum atomic E-state index is -0.433. The molecule has 5 nitrogen and oxygen atoms in total. The molecule has 2 aromatic rings. The molecule has 2 aromatic carbocycles. The molecule has 134 valence electrons. The van der Waals surface area contributed by atoms with Crippen molar-refractivity contribution in [1.29, 1.82) is 5.26 Å². The zero-order valence-electron chi connectivity index (χ0n) is 14.6. The minimum Gasteiger partial charge on any atom is -0.493 e. The van der Waals surface area contributed by atoms with E-state index in [2.05, 4.69) is 21.2 Å². The van der Waals surface area contributed by atoms with Crippen LogP contribution >= 0.6 is 15.9 Å². The molecular weight excluding hydrogens is 396 g/mol. The van der Waals surface area contributed by atoms with Gasteiger partial charge in [0.05, 0.1) is 13.7 Å². The molecule has 0 aliphatic rings. The Morgan fingerprint density at radius 2 is 2.00 bits per heavy atom. The molecular formula is C20H19BrN2O3. The molecule has 0 radical (unpaired) electrons. The summed E-state index contributed by atoms with van der Waals surface area (Å²) < 4.78 is 11.5. The molecule has 0 aromatic heterocycles. The second kappa shape index (κ2) is 9.64. The van der Waals surface area contributed by atoms with Crippen molar-refractivity contribution in [1.82, 2.24) is 5.32 Å². The van der Waals surface area contributed by atoms with Gasteiger partial charge in [-0.05, 0) is 36.3 Å². The number of ether oxygens (including phenoxy) is 2. The summed E-state index contributed by atoms with van der Waals surface area (Å²) in [5.41, 5.74) is 1.62. The third-order valence-corrected chi connectivity index (χ3v) is 4.23. The maximum absolute atomic E-state index is 12.3. The molecule has 0 saturated carbocycles. The summed E-state index contributed by atoms with van der Waals surface area (Å²) in [4.78, 5) is 12.3. The number of halogens is 1. The Morgan fingerprint density at radius 3 is 2.62 bits per heavy atom. The van der Waals surface area contributed by atoms with Crippen LogP contribution in [0.1, 0.15) is 18.1 Å². The molecule has 0 atom stereocenters. The lowest BCUT2D eigenvalue weighted by Gasteiger charge is -2.12. The van der Waals surface area contributed by atoms with Crippen LogP contribution in [0.4, 0.5) is 0 Å². The van der Waals surface area contributed by atoms with Crippen LogP contribution < -0.4 is 14.8 Å². The summed E-state index contributed by atoms with van der Waals surface area (Å²) in [6.45, 7) is 2.70. The van der Waals surface area contributed by atoms with Crippen molar-refractivity contribution in [3.05, 3.63) is 63.6 Å². The van der Waals surface area contributed by atoms with E-state index in [1.54, 1.807) is 19.2 Å². The Balaban J connectivity index is 2.23. The smallest absolute Gasteiger partial charge is 0.262 e. The van der Waals surface area contributed by atoms with Gasteiger partial charge in [0.2, 0.25) is 0 Å². The summed E-state index contributed by atoms with van der Waals surface area (Å²) in [5.74, 6) is 0.686. The highest BCUT2D eigenvalue weighted by Crippen LogP contribution is 2.34. The number of nitriles is 1. The van der Waals surface area contributed by atoms with Crippen molar-refractivity contribution in [3.63, 3.8) is 0 Å². The van der Waals surface area contributed by atoms with Gasteiger partial charge in [-0.2, -0.15) is 5.26 Å². The summed E-state index contributed by atoms with van der Waals surface area (Å²) >= 11 is 3.43. The van der Waals surface area contributed by atoms with Crippen LogP contribution in [0, 0.1) is 11.3 Å². The SMILES string of the molecule is CCOc1cc(/C=C(\C#N)C(=O)NCc2ccccc2)c(Br)cc1OC. The average molecular weight is 415 g/mol. The van der Waals surface area contributed by atoms with Crippen molar-refractivity contribution >= 4 is 27.9 Å². The van der Waals surface area contributed by atoms with Gasteiger partial charge in [-0.3, -0.25) is 4.79 Å². The van der Waals surface area contributed by atoms with Gasteiger partial charge in [0.25, 0.3) is 5.91 Å². The Bertz CT molecular complexity index is 842. The number of hydrogen-bond donors (Lipinski definition) is 1. The molecule has 0 fully saturated rings. The normalized spacial score (nSPS) is 10.8. The van der Waals surface area contributed by atoms with Crippen molar-refractivity contribution in [3.8, 4) is 17.6 Å². The van der Waals surface area contributed by atoms with E-state index in [0.717, 1.165) is 5.56 Å². The van der Waals surface area contributed by atoms with E-state index < -0.39 is 5.91 Å². The summed E-state index contributed by atoms with van der Waals surface area (Å²) in [6, 6.07) is 14.9. The fraction of sp³-hybridized carbons (Fsp3) is 0.200. The third kappa shape index (κ3) is 5.11. The number of nitrogens with one attached hydrogen (secondary N) is 1. The molecule has 0 heterocycles. The number of methoxy groups -OCH3 is 1. The second-order valence-electron chi connectivity index (χ2n) is 5.30. The predicted octanol–water partition coefficient (Wildman–Crippen LogP) is 4.08. The maximum atomic E-state index is 12.3. The molecule has 0 spiro atoms. The Hall–Kier alpha value is -2.78. The molecule has 0 saturated heterocycles. The summed E-state index contributed by atoms with van der Waals surface area (Å²) in [7, 11) is 1.55. The number of rotatable bonds is 7. The van der Waals surface area contributed by atoms with E-state index in [0.29, 0.717) is 34.7 Å². The van der Waals surface area contributed by atoms with Crippen molar-refractivity contribution in [2.75, 3.05) is 13.7 Å². The predicted molar refractivity (Wildman–Crippen MR) is 104 cm³/mol. The molecule has 1 N–H and O–H groups in total. The fourth-order valence-electron chi connectivity index (χ4n) is 2.27. The van der Waals surface area contributed by atoms with Crippen LogP contribution in [0.2, 0.25) is 0 Å². The van der Waals surface area contributed by atoms with Gasteiger partial charge >= 0.3 is 0 Å². The average Bonchev–Trinajstić information content (AvgIpc) is 2.67. The van der Waals surface area contributed by atoms with Gasteiger partial charge < -0.3 is 14.8 Å². The number of carbonyl (C=O) groups excluding carboxylic acids is 1. The lowest BCUT2D eigenvalue weighted by Crippen LogP contribution is -2.23. The Morgan fingerprint density at radius 1 is 1.27 bits per heavy atom. The molecule has 0 bridgehead atoms. The van der Waals surface area contributed by atoms with E-state index in [-0.39, 0.29) is 5.57 Å². The topological polar surface area (TPSA) is 71.3 Å². The number of carbonyl (C=O) groups is 1. The van der Waals surface area contributed by atoms with Crippen LogP contribution in [0.15, 0.2) is 52.5 Å². The lowest BCUT2D eigenvalue weighted by molar-refractivity contribution is -0.117. The van der Waals surface area contributed by atoms with Crippen LogP contribution in [0.3, 0.4) is 0 Å². The number of nitrogens with zero attached hydrogens (tertiary/aromatic N) is 1. The quantitative estimate of drug-likeness (QED) is 0.547. The highest BCUT2D eigenvalue weighted by atomic mass is 79.9. The van der Waals surface area contributed by atoms with Crippen LogP contribution in [0.25, 0.3) is 6.08 Å². The first-order chi connectivity index (χ1) is 12.6. The van der Waals surface area contributed by atoms with Crippen molar-refractivity contribution < 1.29 is 14.3 Å². The lowest BCUT2D eigenvalue weighted by atomic mass is 10.1. The van der Waals surface area contributed by atoms with Crippen LogP contribution in [-0.4, -0.2) is 19.6 Å². The zero-order chi connectivity index (χ0) is 18.9. The first kappa shape index (κ1) is 19.5. The van der Waals surface area contributed by atoms with E-state index in [1.807, 2.05) is 43.3 Å². The molecule has 1 amide bonds. The fourth-order valence-corrected chi connectivity index (χ4v) is 2.70. The monoisotopic (exact) mass is 414 g/mol. The van der Waals surface area contributed by atoms with E-state index in [4.69, 9.17) is 9.47 Å². The summed E-state index contributed by atoms with van der Waals surface area (Å²) in [5, 5.41) is 12.1. The molecule has 26 heavy (non-hydrogen) atoms. The first-order valence-corrected chi connectivity index (χ1v) is 8.82. The zero-order valence-corrected chi connectivity index (χ0v) is 16.2. The molecule has 0 unspecified atom stereocenters. The highest BCUT2D eigenvalue weighted by molar-refractivity contribution is 9.10. The third-order valence-electron chi connectivity index (χ3n) is 3.54. The first-order valence-electron chi connectivity index (χ1n) is 8.03. The Labute approximate surface area is 161 Å². The van der Waals surface area contributed by atoms with Gasteiger partial charge in [0.15, 0.2) is 11.5 Å². The number of benzene rings is 2. The van der Waals surface area contributed by atoms with Crippen LogP contribution in [0.5, 0.6) is 11.5 Å². The van der Waals surface area contributed by atoms with Gasteiger partial charge in [-0.15, -0.1) is 0 Å².